The molecule has 0 spiro atoms. The maximum absolute atomic E-state index is 11.4. The normalized spacial score (nSPS) is 20.4. The van der Waals surface area contributed by atoms with Crippen LogP contribution in [0, 0.1) is 0 Å². The van der Waals surface area contributed by atoms with E-state index in [9.17, 15) is 4.79 Å². The molecule has 2 heterocycles. The van der Waals surface area contributed by atoms with Gasteiger partial charge in [0, 0.05) is 6.54 Å². The second-order valence-electron chi connectivity index (χ2n) is 3.66. The van der Waals surface area contributed by atoms with Gasteiger partial charge in [0.2, 0.25) is 5.75 Å². The van der Waals surface area contributed by atoms with Crippen molar-refractivity contribution in [3.05, 3.63) is 16.7 Å². The highest BCUT2D eigenvalue weighted by Crippen LogP contribution is 2.20. The van der Waals surface area contributed by atoms with E-state index in [0.717, 1.165) is 25.9 Å². The van der Waals surface area contributed by atoms with Gasteiger partial charge in [0.25, 0.3) is 11.4 Å². The summed E-state index contributed by atoms with van der Waals surface area (Å²) in [5.41, 5.74) is -0.323. The number of ether oxygens (including phenoxy) is 2. The van der Waals surface area contributed by atoms with Crippen LogP contribution in [-0.4, -0.2) is 36.3 Å². The van der Waals surface area contributed by atoms with Crippen molar-refractivity contribution in [2.45, 2.75) is 18.9 Å². The van der Waals surface area contributed by atoms with Gasteiger partial charge in [-0.05, 0) is 19.4 Å². The lowest BCUT2D eigenvalue weighted by atomic mass is 10.1. The number of aromatic nitrogens is 2. The van der Waals surface area contributed by atoms with Crippen molar-refractivity contribution < 1.29 is 9.47 Å². The monoisotopic (exact) mass is 225 g/mol. The van der Waals surface area contributed by atoms with Crippen LogP contribution in [0.3, 0.4) is 0 Å². The fourth-order valence-electron chi connectivity index (χ4n) is 1.71. The molecule has 0 unspecified atom stereocenters. The number of aromatic amines is 1. The molecule has 1 atom stereocenters. The van der Waals surface area contributed by atoms with Gasteiger partial charge >= 0.3 is 0 Å². The maximum Gasteiger partial charge on any atom is 0.297 e. The van der Waals surface area contributed by atoms with E-state index in [1.807, 2.05) is 0 Å². The van der Waals surface area contributed by atoms with Crippen LogP contribution in [0.1, 0.15) is 12.8 Å². The van der Waals surface area contributed by atoms with Crippen LogP contribution in [-0.2, 0) is 0 Å². The minimum atomic E-state index is -0.323. The standard InChI is InChI=1S/C10H15N3O3/c1-15-8-9(14)12-6-13-10(8)16-7-3-2-4-11-5-7/h6-7,11H,2-5H2,1H3,(H,12,13,14)/t7-/m0/s1. The third-order valence-electron chi connectivity index (χ3n) is 2.51. The summed E-state index contributed by atoms with van der Waals surface area (Å²) in [6.07, 6.45) is 3.40. The Labute approximate surface area is 93.0 Å². The van der Waals surface area contributed by atoms with Gasteiger partial charge in [-0.3, -0.25) is 4.79 Å². The topological polar surface area (TPSA) is 76.2 Å². The Morgan fingerprint density at radius 1 is 1.56 bits per heavy atom. The van der Waals surface area contributed by atoms with E-state index in [0.29, 0.717) is 0 Å². The Bertz CT molecular complexity index is 399. The van der Waals surface area contributed by atoms with Crippen LogP contribution >= 0.6 is 0 Å². The zero-order valence-corrected chi connectivity index (χ0v) is 9.16. The molecule has 16 heavy (non-hydrogen) atoms. The molecule has 0 aliphatic carbocycles. The first-order valence-corrected chi connectivity index (χ1v) is 5.30. The van der Waals surface area contributed by atoms with Crippen LogP contribution in [0.15, 0.2) is 11.1 Å². The lowest BCUT2D eigenvalue weighted by Gasteiger charge is -2.23. The van der Waals surface area contributed by atoms with E-state index in [4.69, 9.17) is 9.47 Å². The van der Waals surface area contributed by atoms with Crippen molar-refractivity contribution in [1.82, 2.24) is 15.3 Å². The number of methoxy groups -OCH3 is 1. The molecular weight excluding hydrogens is 210 g/mol. The molecule has 6 heteroatoms. The molecule has 0 amide bonds. The molecule has 0 aromatic carbocycles. The Morgan fingerprint density at radius 3 is 3.12 bits per heavy atom. The Balaban J connectivity index is 2.13. The van der Waals surface area contributed by atoms with E-state index in [1.165, 1.54) is 13.4 Å². The number of nitrogens with one attached hydrogen (secondary N) is 2. The smallest absolute Gasteiger partial charge is 0.297 e. The summed E-state index contributed by atoms with van der Waals surface area (Å²) < 4.78 is 10.6. The van der Waals surface area contributed by atoms with Crippen molar-refractivity contribution >= 4 is 0 Å². The number of piperidine rings is 1. The molecule has 1 aliphatic heterocycles. The number of hydrogen-bond acceptors (Lipinski definition) is 5. The van der Waals surface area contributed by atoms with E-state index >= 15 is 0 Å². The Hall–Kier alpha value is -1.56. The van der Waals surface area contributed by atoms with Crippen LogP contribution in [0.2, 0.25) is 0 Å². The highest BCUT2D eigenvalue weighted by molar-refractivity contribution is 5.29. The molecule has 1 aromatic heterocycles. The SMILES string of the molecule is COc1c(O[C@H]2CCCNC2)nc[nH]c1=O. The number of rotatable bonds is 3. The molecule has 0 bridgehead atoms. The molecule has 88 valence electrons. The van der Waals surface area contributed by atoms with Crippen molar-refractivity contribution in [3.8, 4) is 11.6 Å². The number of nitrogens with zero attached hydrogens (tertiary/aromatic N) is 1. The highest BCUT2D eigenvalue weighted by Gasteiger charge is 2.18. The molecule has 1 aromatic rings. The van der Waals surface area contributed by atoms with Crippen molar-refractivity contribution in [3.63, 3.8) is 0 Å². The zero-order chi connectivity index (χ0) is 11.4. The van der Waals surface area contributed by atoms with Gasteiger partial charge in [-0.1, -0.05) is 0 Å². The summed E-state index contributed by atoms with van der Waals surface area (Å²) in [5.74, 6) is 0.396. The second-order valence-corrected chi connectivity index (χ2v) is 3.66. The van der Waals surface area contributed by atoms with Crippen LogP contribution in [0.4, 0.5) is 0 Å². The molecule has 1 aliphatic rings. The van der Waals surface area contributed by atoms with Gasteiger partial charge in [-0.25, -0.2) is 4.98 Å². The summed E-state index contributed by atoms with van der Waals surface area (Å²) >= 11 is 0. The quantitative estimate of drug-likeness (QED) is 0.751. The van der Waals surface area contributed by atoms with E-state index in [2.05, 4.69) is 15.3 Å². The third-order valence-corrected chi connectivity index (χ3v) is 2.51. The average Bonchev–Trinajstić information content (AvgIpc) is 2.31. The van der Waals surface area contributed by atoms with Crippen molar-refractivity contribution in [2.75, 3.05) is 20.2 Å². The van der Waals surface area contributed by atoms with E-state index < -0.39 is 0 Å². The van der Waals surface area contributed by atoms with Crippen LogP contribution in [0.25, 0.3) is 0 Å². The van der Waals surface area contributed by atoms with Gasteiger partial charge in [0.05, 0.1) is 13.4 Å². The molecular formula is C10H15N3O3. The number of hydrogen-bond donors (Lipinski definition) is 2. The second kappa shape index (κ2) is 4.98. The average molecular weight is 225 g/mol. The summed E-state index contributed by atoms with van der Waals surface area (Å²) in [7, 11) is 1.43. The predicted molar refractivity (Wildman–Crippen MR) is 57.9 cm³/mol. The van der Waals surface area contributed by atoms with Gasteiger partial charge in [-0.2, -0.15) is 0 Å². The summed E-state index contributed by atoms with van der Waals surface area (Å²) in [6, 6.07) is 0. The first kappa shape index (κ1) is 10.9. The summed E-state index contributed by atoms with van der Waals surface area (Å²) in [4.78, 5) is 17.8. The molecule has 2 rings (SSSR count). The molecule has 1 fully saturated rings. The van der Waals surface area contributed by atoms with Crippen LogP contribution in [0.5, 0.6) is 11.6 Å². The minimum Gasteiger partial charge on any atom is -0.487 e. The van der Waals surface area contributed by atoms with Gasteiger partial charge < -0.3 is 19.8 Å². The van der Waals surface area contributed by atoms with E-state index in [1.54, 1.807) is 0 Å². The first-order valence-electron chi connectivity index (χ1n) is 5.30. The third kappa shape index (κ3) is 2.33. The highest BCUT2D eigenvalue weighted by atomic mass is 16.5. The predicted octanol–water partition coefficient (Wildman–Crippen LogP) is -0.0907. The van der Waals surface area contributed by atoms with Gasteiger partial charge in [0.15, 0.2) is 0 Å². The van der Waals surface area contributed by atoms with Gasteiger partial charge in [-0.15, -0.1) is 0 Å². The van der Waals surface area contributed by atoms with Gasteiger partial charge in [0.1, 0.15) is 6.10 Å². The lowest BCUT2D eigenvalue weighted by Crippen LogP contribution is -2.37. The molecule has 6 nitrogen and oxygen atoms in total. The molecule has 2 N–H and O–H groups in total. The fourth-order valence-corrected chi connectivity index (χ4v) is 1.71. The summed E-state index contributed by atoms with van der Waals surface area (Å²) in [6.45, 7) is 1.79. The largest absolute Gasteiger partial charge is 0.487 e. The molecule has 0 radical (unpaired) electrons. The molecule has 1 saturated heterocycles. The van der Waals surface area contributed by atoms with Crippen LogP contribution < -0.4 is 20.3 Å². The zero-order valence-electron chi connectivity index (χ0n) is 9.16. The Morgan fingerprint density at radius 2 is 2.44 bits per heavy atom. The maximum atomic E-state index is 11.4. The first-order chi connectivity index (χ1) is 7.81. The lowest BCUT2D eigenvalue weighted by molar-refractivity contribution is 0.153. The molecule has 0 saturated carbocycles. The van der Waals surface area contributed by atoms with Crippen molar-refractivity contribution in [2.24, 2.45) is 0 Å². The summed E-state index contributed by atoms with van der Waals surface area (Å²) in [5, 5.41) is 3.23. The number of H-pyrrole nitrogens is 1. The van der Waals surface area contributed by atoms with Crippen molar-refractivity contribution in [1.29, 1.82) is 0 Å². The van der Waals surface area contributed by atoms with E-state index in [-0.39, 0.29) is 23.3 Å². The Kier molecular flexibility index (Phi) is 3.40. The minimum absolute atomic E-state index is 0.0527. The fraction of sp³-hybridized carbons (Fsp3) is 0.600.